The molecule has 0 radical (unpaired) electrons. The fourth-order valence-corrected chi connectivity index (χ4v) is 3.91. The molecular weight excluding hydrogens is 444 g/mol. The van der Waals surface area contributed by atoms with Gasteiger partial charge in [-0.3, -0.25) is 34.2 Å². The summed E-state index contributed by atoms with van der Waals surface area (Å²) in [6, 6.07) is 17.2. The van der Waals surface area contributed by atoms with Crippen LogP contribution >= 0.6 is 0 Å². The molecule has 2 atom stereocenters. The van der Waals surface area contributed by atoms with Gasteiger partial charge in [0, 0.05) is 6.42 Å². The lowest BCUT2D eigenvalue weighted by Gasteiger charge is -2.31. The number of hydrogen-bond acceptors (Lipinski definition) is 8. The van der Waals surface area contributed by atoms with Crippen molar-refractivity contribution in [2.75, 3.05) is 0 Å². The minimum absolute atomic E-state index is 0.124. The maximum absolute atomic E-state index is 13.1. The van der Waals surface area contributed by atoms with Crippen LogP contribution in [0, 0.1) is 5.92 Å². The first-order valence-electron chi connectivity index (χ1n) is 10.5. The zero-order valence-electron chi connectivity index (χ0n) is 17.9. The van der Waals surface area contributed by atoms with Crippen LogP contribution < -0.4 is 5.32 Å². The van der Waals surface area contributed by atoms with Gasteiger partial charge in [-0.1, -0.05) is 60.7 Å². The highest BCUT2D eigenvalue weighted by Crippen LogP contribution is 2.35. The second-order valence-corrected chi connectivity index (χ2v) is 7.89. The summed E-state index contributed by atoms with van der Waals surface area (Å²) in [5, 5.41) is 1.95. The third-order valence-corrected chi connectivity index (χ3v) is 5.63. The minimum atomic E-state index is -2.52. The summed E-state index contributed by atoms with van der Waals surface area (Å²) in [5.41, 5.74) is -1.25. The molecule has 0 aromatic heterocycles. The first-order chi connectivity index (χ1) is 16.3. The molecule has 2 heterocycles. The van der Waals surface area contributed by atoms with Gasteiger partial charge < -0.3 is 9.47 Å². The Labute approximate surface area is 193 Å². The van der Waals surface area contributed by atoms with E-state index in [1.807, 2.05) is 5.32 Å². The number of imide groups is 2. The van der Waals surface area contributed by atoms with Gasteiger partial charge in [-0.15, -0.1) is 0 Å². The van der Waals surface area contributed by atoms with Crippen LogP contribution in [0.5, 0.6) is 0 Å². The lowest BCUT2D eigenvalue weighted by molar-refractivity contribution is -0.172. The average Bonchev–Trinajstić information content (AvgIpc) is 3.31. The van der Waals surface area contributed by atoms with Gasteiger partial charge in [0.25, 0.3) is 5.91 Å². The van der Waals surface area contributed by atoms with E-state index < -0.39 is 59.9 Å². The summed E-state index contributed by atoms with van der Waals surface area (Å²) in [6.45, 7) is -0.372. The number of rotatable bonds is 7. The van der Waals surface area contributed by atoms with E-state index in [9.17, 15) is 28.8 Å². The van der Waals surface area contributed by atoms with Crippen LogP contribution in [0.1, 0.15) is 24.0 Å². The number of ether oxygens (including phenoxy) is 2. The second kappa shape index (κ2) is 9.26. The van der Waals surface area contributed by atoms with Gasteiger partial charge >= 0.3 is 11.9 Å². The molecule has 2 aromatic carbocycles. The maximum atomic E-state index is 13.1. The van der Waals surface area contributed by atoms with Crippen molar-refractivity contribution >= 4 is 35.6 Å². The summed E-state index contributed by atoms with van der Waals surface area (Å²) in [6.07, 6.45) is -1.38. The Bertz CT molecular complexity index is 1160. The molecule has 0 aliphatic carbocycles. The molecule has 174 valence electrons. The number of benzene rings is 2. The third kappa shape index (κ3) is 4.17. The predicted molar refractivity (Wildman–Crippen MR) is 113 cm³/mol. The highest BCUT2D eigenvalue weighted by molar-refractivity contribution is 6.26. The maximum Gasteiger partial charge on any atom is 0.343 e. The Morgan fingerprint density at radius 1 is 0.882 bits per heavy atom. The Kier molecular flexibility index (Phi) is 6.22. The lowest BCUT2D eigenvalue weighted by Crippen LogP contribution is -2.62. The zero-order valence-corrected chi connectivity index (χ0v) is 17.9. The largest absolute Gasteiger partial charge is 0.460 e. The quantitative estimate of drug-likeness (QED) is 0.358. The Hall–Kier alpha value is -4.34. The van der Waals surface area contributed by atoms with E-state index in [4.69, 9.17) is 9.47 Å². The van der Waals surface area contributed by atoms with E-state index >= 15 is 0 Å². The number of esters is 2. The molecule has 2 unspecified atom stereocenters. The SMILES string of the molecule is O=C1CC(C(=O)OCc2ccccc2)(N2C(=O)CC(C(=O)OCc3ccccc3)C2=O)C(=O)N1. The number of carbonyl (C=O) groups excluding carboxylic acids is 6. The van der Waals surface area contributed by atoms with Crippen molar-refractivity contribution in [3.63, 3.8) is 0 Å². The summed E-state index contributed by atoms with van der Waals surface area (Å²) in [4.78, 5) is 76.6. The topological polar surface area (TPSA) is 136 Å². The lowest BCUT2D eigenvalue weighted by atomic mass is 9.94. The number of hydrogen-bond donors (Lipinski definition) is 1. The number of nitrogens with one attached hydrogen (secondary N) is 1. The molecule has 2 saturated heterocycles. The molecule has 4 rings (SSSR count). The van der Waals surface area contributed by atoms with Crippen molar-refractivity contribution in [1.82, 2.24) is 10.2 Å². The molecule has 34 heavy (non-hydrogen) atoms. The predicted octanol–water partition coefficient (Wildman–Crippen LogP) is 0.634. The smallest absolute Gasteiger partial charge is 0.343 e. The molecule has 1 N–H and O–H groups in total. The highest BCUT2D eigenvalue weighted by atomic mass is 16.5. The monoisotopic (exact) mass is 464 g/mol. The standard InChI is InChI=1S/C24H20N2O8/c27-18-12-24(22(31)25-18,23(32)34-14-16-9-5-2-6-10-16)26-19(28)11-17(20(26)29)21(30)33-13-15-7-3-1-4-8-15/h1-10,17H,11-14H2,(H,25,27,31). The molecule has 2 aliphatic rings. The molecule has 0 bridgehead atoms. The Morgan fingerprint density at radius 2 is 1.44 bits per heavy atom. The van der Waals surface area contributed by atoms with Crippen LogP contribution in [0.4, 0.5) is 0 Å². The van der Waals surface area contributed by atoms with Crippen LogP contribution in [-0.2, 0) is 51.5 Å². The van der Waals surface area contributed by atoms with Gasteiger partial charge in [0.05, 0.1) is 6.42 Å². The molecule has 10 heteroatoms. The van der Waals surface area contributed by atoms with Crippen molar-refractivity contribution in [2.45, 2.75) is 31.6 Å². The fraction of sp³-hybridized carbons (Fsp3) is 0.250. The summed E-state index contributed by atoms with van der Waals surface area (Å²) >= 11 is 0. The third-order valence-electron chi connectivity index (χ3n) is 5.63. The van der Waals surface area contributed by atoms with Gasteiger partial charge in [-0.25, -0.2) is 4.79 Å². The average molecular weight is 464 g/mol. The number of carbonyl (C=O) groups is 6. The van der Waals surface area contributed by atoms with Crippen LogP contribution in [0.3, 0.4) is 0 Å². The van der Waals surface area contributed by atoms with Gasteiger partial charge in [0.15, 0.2) is 0 Å². The van der Waals surface area contributed by atoms with Crippen LogP contribution in [-0.4, -0.2) is 46.0 Å². The van der Waals surface area contributed by atoms with Crippen molar-refractivity contribution in [3.8, 4) is 0 Å². The van der Waals surface area contributed by atoms with Crippen LogP contribution in [0.15, 0.2) is 60.7 Å². The van der Waals surface area contributed by atoms with Gasteiger partial charge in [0.2, 0.25) is 23.3 Å². The van der Waals surface area contributed by atoms with Crippen molar-refractivity contribution in [1.29, 1.82) is 0 Å². The number of amides is 4. The van der Waals surface area contributed by atoms with E-state index in [1.54, 1.807) is 60.7 Å². The van der Waals surface area contributed by atoms with Crippen molar-refractivity contribution < 1.29 is 38.2 Å². The second-order valence-electron chi connectivity index (χ2n) is 7.89. The molecule has 10 nitrogen and oxygen atoms in total. The highest BCUT2D eigenvalue weighted by Gasteiger charge is 2.65. The summed E-state index contributed by atoms with van der Waals surface area (Å²) in [5.74, 6) is -7.80. The van der Waals surface area contributed by atoms with Crippen molar-refractivity contribution in [2.24, 2.45) is 5.92 Å². The van der Waals surface area contributed by atoms with Crippen molar-refractivity contribution in [3.05, 3.63) is 71.8 Å². The number of nitrogens with zero attached hydrogens (tertiary/aromatic N) is 1. The molecular formula is C24H20N2O8. The normalized spacial score (nSPS) is 22.0. The minimum Gasteiger partial charge on any atom is -0.460 e. The van der Waals surface area contributed by atoms with E-state index in [2.05, 4.69) is 0 Å². The van der Waals surface area contributed by atoms with Crippen LogP contribution in [0.2, 0.25) is 0 Å². The fourth-order valence-electron chi connectivity index (χ4n) is 3.91. The number of likely N-dealkylation sites (tertiary alicyclic amines) is 1. The molecule has 2 fully saturated rings. The molecule has 2 aromatic rings. The van der Waals surface area contributed by atoms with E-state index in [0.29, 0.717) is 16.0 Å². The van der Waals surface area contributed by atoms with E-state index in [1.165, 1.54) is 0 Å². The summed E-state index contributed by atoms with van der Waals surface area (Å²) in [7, 11) is 0. The molecule has 0 spiro atoms. The van der Waals surface area contributed by atoms with E-state index in [0.717, 1.165) is 0 Å². The van der Waals surface area contributed by atoms with E-state index in [-0.39, 0.29) is 13.2 Å². The molecule has 4 amide bonds. The van der Waals surface area contributed by atoms with Gasteiger partial charge in [0.1, 0.15) is 19.1 Å². The zero-order chi connectivity index (χ0) is 24.3. The molecule has 0 saturated carbocycles. The van der Waals surface area contributed by atoms with Gasteiger partial charge in [-0.05, 0) is 11.1 Å². The first-order valence-corrected chi connectivity index (χ1v) is 10.5. The summed E-state index contributed by atoms with van der Waals surface area (Å²) < 4.78 is 10.4. The van der Waals surface area contributed by atoms with Crippen LogP contribution in [0.25, 0.3) is 0 Å². The van der Waals surface area contributed by atoms with Gasteiger partial charge in [-0.2, -0.15) is 0 Å². The first kappa shape index (κ1) is 22.8. The Morgan fingerprint density at radius 3 is 1.97 bits per heavy atom. The Balaban J connectivity index is 1.54. The molecule has 2 aliphatic heterocycles.